The number of hydrogen-bond donors (Lipinski definition) is 0. The van der Waals surface area contributed by atoms with Gasteiger partial charge in [-0.2, -0.15) is 0 Å². The van der Waals surface area contributed by atoms with Crippen molar-refractivity contribution in [2.75, 3.05) is 26.2 Å². The zero-order valence-electron chi connectivity index (χ0n) is 13.8. The molecule has 2 aliphatic rings. The number of benzene rings is 1. The molecule has 0 amide bonds. The Bertz CT molecular complexity index is 690. The molecular weight excluding hydrogens is 291 g/mol. The third-order valence-electron chi connectivity index (χ3n) is 5.39. The van der Waals surface area contributed by atoms with E-state index < -0.39 is 0 Å². The van der Waals surface area contributed by atoms with Gasteiger partial charge in [0.2, 0.25) is 0 Å². The zero-order chi connectivity index (χ0) is 15.8. The van der Waals surface area contributed by atoms with Gasteiger partial charge >= 0.3 is 0 Å². The second-order valence-electron chi connectivity index (χ2n) is 6.80. The number of aromatic nitrogens is 2. The Labute approximate surface area is 136 Å². The molecule has 0 unspecified atom stereocenters. The van der Waals surface area contributed by atoms with Gasteiger partial charge in [0, 0.05) is 25.7 Å². The number of hydrogen-bond acceptors (Lipinski definition) is 3. The van der Waals surface area contributed by atoms with Crippen molar-refractivity contribution in [2.45, 2.75) is 45.3 Å². The Morgan fingerprint density at radius 2 is 2.04 bits per heavy atom. The Morgan fingerprint density at radius 1 is 1.22 bits per heavy atom. The number of aryl methyl sites for hydroxylation is 1. The molecule has 1 aromatic heterocycles. The molecule has 2 fully saturated rings. The lowest BCUT2D eigenvalue weighted by molar-refractivity contribution is 0.227. The number of likely N-dealkylation sites (tertiary alicyclic amines) is 2. The van der Waals surface area contributed by atoms with Crippen LogP contribution in [0.3, 0.4) is 0 Å². The summed E-state index contributed by atoms with van der Waals surface area (Å²) in [6.45, 7) is 8.53. The van der Waals surface area contributed by atoms with Gasteiger partial charge in [-0.05, 0) is 51.4 Å². The third-order valence-corrected chi connectivity index (χ3v) is 5.39. The molecule has 0 radical (unpaired) electrons. The van der Waals surface area contributed by atoms with E-state index in [4.69, 9.17) is 0 Å². The van der Waals surface area contributed by atoms with Gasteiger partial charge < -0.3 is 4.57 Å². The molecule has 0 N–H and O–H groups in total. The molecular formula is C18H25FN4. The molecule has 23 heavy (non-hydrogen) atoms. The Balaban J connectivity index is 1.53. The van der Waals surface area contributed by atoms with Gasteiger partial charge in [-0.3, -0.25) is 9.80 Å². The van der Waals surface area contributed by atoms with Crippen LogP contribution in [0.1, 0.15) is 32.0 Å². The first-order valence-electron chi connectivity index (χ1n) is 8.86. The summed E-state index contributed by atoms with van der Waals surface area (Å²) in [7, 11) is 0. The SMILES string of the molecule is CCn1c(CN2CC[C@@H](N3CCCC3)C2)nc2c(F)cccc21. The average Bonchev–Trinajstić information content (AvgIpc) is 3.26. The summed E-state index contributed by atoms with van der Waals surface area (Å²) < 4.78 is 16.2. The maximum Gasteiger partial charge on any atom is 0.151 e. The highest BCUT2D eigenvalue weighted by atomic mass is 19.1. The van der Waals surface area contributed by atoms with Crippen molar-refractivity contribution in [1.29, 1.82) is 0 Å². The molecule has 124 valence electrons. The first-order chi connectivity index (χ1) is 11.3. The van der Waals surface area contributed by atoms with Gasteiger partial charge in [0.25, 0.3) is 0 Å². The van der Waals surface area contributed by atoms with Gasteiger partial charge in [0.05, 0.1) is 12.1 Å². The summed E-state index contributed by atoms with van der Waals surface area (Å²) >= 11 is 0. The molecule has 1 atom stereocenters. The smallest absolute Gasteiger partial charge is 0.151 e. The first kappa shape index (κ1) is 15.1. The van der Waals surface area contributed by atoms with E-state index in [2.05, 4.69) is 26.3 Å². The molecule has 1 aromatic carbocycles. The lowest BCUT2D eigenvalue weighted by Gasteiger charge is -2.23. The largest absolute Gasteiger partial charge is 0.327 e. The molecule has 0 saturated carbocycles. The second kappa shape index (κ2) is 6.21. The van der Waals surface area contributed by atoms with Crippen molar-refractivity contribution in [3.05, 3.63) is 29.8 Å². The van der Waals surface area contributed by atoms with Crippen LogP contribution >= 0.6 is 0 Å². The molecule has 0 bridgehead atoms. The van der Waals surface area contributed by atoms with Crippen molar-refractivity contribution >= 4 is 11.0 Å². The fraction of sp³-hybridized carbons (Fsp3) is 0.611. The minimum Gasteiger partial charge on any atom is -0.327 e. The van der Waals surface area contributed by atoms with Gasteiger partial charge in [-0.25, -0.2) is 9.37 Å². The molecule has 2 aliphatic heterocycles. The van der Waals surface area contributed by atoms with Crippen molar-refractivity contribution in [3.63, 3.8) is 0 Å². The van der Waals surface area contributed by atoms with Crippen LogP contribution in [0.15, 0.2) is 18.2 Å². The Hall–Kier alpha value is -1.46. The van der Waals surface area contributed by atoms with Crippen LogP contribution < -0.4 is 0 Å². The van der Waals surface area contributed by atoms with E-state index in [9.17, 15) is 4.39 Å². The van der Waals surface area contributed by atoms with Crippen LogP contribution in [-0.4, -0.2) is 51.6 Å². The van der Waals surface area contributed by atoms with Crippen molar-refractivity contribution in [3.8, 4) is 0 Å². The van der Waals surface area contributed by atoms with Crippen LogP contribution in [0.4, 0.5) is 4.39 Å². The van der Waals surface area contributed by atoms with Crippen LogP contribution in [-0.2, 0) is 13.1 Å². The average molecular weight is 316 g/mol. The first-order valence-corrected chi connectivity index (χ1v) is 8.86. The minimum atomic E-state index is -0.215. The van der Waals surface area contributed by atoms with Gasteiger partial charge in [-0.15, -0.1) is 0 Å². The number of para-hydroxylation sites is 1. The Kier molecular flexibility index (Phi) is 4.07. The number of nitrogens with zero attached hydrogens (tertiary/aromatic N) is 4. The third kappa shape index (κ3) is 2.76. The summed E-state index contributed by atoms with van der Waals surface area (Å²) in [5.41, 5.74) is 1.43. The number of fused-ring (bicyclic) bond motifs is 1. The molecule has 2 aromatic rings. The molecule has 3 heterocycles. The Morgan fingerprint density at radius 3 is 2.83 bits per heavy atom. The van der Waals surface area contributed by atoms with E-state index in [1.54, 1.807) is 6.07 Å². The maximum atomic E-state index is 14.0. The van der Waals surface area contributed by atoms with Crippen LogP contribution in [0.25, 0.3) is 11.0 Å². The summed E-state index contributed by atoms with van der Waals surface area (Å²) in [5, 5.41) is 0. The molecule has 4 rings (SSSR count). The molecule has 0 spiro atoms. The predicted octanol–water partition coefficient (Wildman–Crippen LogP) is 2.87. The molecule has 2 saturated heterocycles. The summed E-state index contributed by atoms with van der Waals surface area (Å²) in [5.74, 6) is 0.780. The topological polar surface area (TPSA) is 24.3 Å². The zero-order valence-corrected chi connectivity index (χ0v) is 13.8. The fourth-order valence-electron chi connectivity index (χ4n) is 4.20. The number of imidazole rings is 1. The normalized spacial score (nSPS) is 23.3. The highest BCUT2D eigenvalue weighted by Crippen LogP contribution is 2.24. The van der Waals surface area contributed by atoms with Crippen LogP contribution in [0.5, 0.6) is 0 Å². The summed E-state index contributed by atoms with van der Waals surface area (Å²) in [6, 6.07) is 5.94. The van der Waals surface area contributed by atoms with Crippen molar-refractivity contribution < 1.29 is 4.39 Å². The number of halogens is 1. The van der Waals surface area contributed by atoms with Crippen molar-refractivity contribution in [2.24, 2.45) is 0 Å². The molecule has 5 heteroatoms. The predicted molar refractivity (Wildman–Crippen MR) is 89.9 cm³/mol. The van der Waals surface area contributed by atoms with E-state index in [1.165, 1.54) is 38.4 Å². The molecule has 4 nitrogen and oxygen atoms in total. The minimum absolute atomic E-state index is 0.215. The van der Waals surface area contributed by atoms with E-state index in [0.717, 1.165) is 37.5 Å². The quantitative estimate of drug-likeness (QED) is 0.867. The van der Waals surface area contributed by atoms with Gasteiger partial charge in [0.1, 0.15) is 11.3 Å². The van der Waals surface area contributed by atoms with Crippen LogP contribution in [0, 0.1) is 5.82 Å². The summed E-state index contributed by atoms with van der Waals surface area (Å²) in [4.78, 5) is 9.72. The standard InChI is InChI=1S/C18H25FN4/c1-2-23-16-7-5-6-15(19)18(16)20-17(23)13-21-11-8-14(12-21)22-9-3-4-10-22/h5-7,14H,2-4,8-13H2,1H3/t14-/m1/s1. The van der Waals surface area contributed by atoms with Crippen LogP contribution in [0.2, 0.25) is 0 Å². The highest BCUT2D eigenvalue weighted by Gasteiger charge is 2.30. The second-order valence-corrected chi connectivity index (χ2v) is 6.80. The van der Waals surface area contributed by atoms with Gasteiger partial charge in [-0.1, -0.05) is 6.07 Å². The lowest BCUT2D eigenvalue weighted by atomic mass is 10.2. The monoisotopic (exact) mass is 316 g/mol. The number of rotatable bonds is 4. The van der Waals surface area contributed by atoms with Gasteiger partial charge in [0.15, 0.2) is 5.82 Å². The molecule has 0 aliphatic carbocycles. The fourth-order valence-corrected chi connectivity index (χ4v) is 4.20. The van der Waals surface area contributed by atoms with E-state index in [0.29, 0.717) is 11.6 Å². The lowest BCUT2D eigenvalue weighted by Crippen LogP contribution is -2.35. The van der Waals surface area contributed by atoms with E-state index in [1.807, 2.05) is 6.07 Å². The maximum absolute atomic E-state index is 14.0. The van der Waals surface area contributed by atoms with E-state index in [-0.39, 0.29) is 5.82 Å². The van der Waals surface area contributed by atoms with E-state index >= 15 is 0 Å². The highest BCUT2D eigenvalue weighted by molar-refractivity contribution is 5.76. The van der Waals surface area contributed by atoms with Crippen molar-refractivity contribution in [1.82, 2.24) is 19.4 Å². The summed E-state index contributed by atoms with van der Waals surface area (Å²) in [6.07, 6.45) is 3.95.